The molecular weight excluding hydrogens is 158 g/mol. The van der Waals surface area contributed by atoms with Gasteiger partial charge in [-0.2, -0.15) is 0 Å². The Morgan fingerprint density at radius 2 is 2.00 bits per heavy atom. The Kier molecular flexibility index (Phi) is 2.64. The monoisotopic (exact) mass is 181 g/mol. The van der Waals surface area contributed by atoms with Crippen LogP contribution in [0.3, 0.4) is 0 Å². The summed E-state index contributed by atoms with van der Waals surface area (Å²) in [6.07, 6.45) is 8.58. The average Bonchev–Trinajstić information content (AvgIpc) is 2.28. The van der Waals surface area contributed by atoms with Crippen molar-refractivity contribution in [1.29, 1.82) is 0 Å². The molecule has 13 heavy (non-hydrogen) atoms. The first-order chi connectivity index (χ1) is 6.27. The minimum atomic E-state index is 0.606. The molecule has 2 rings (SSSR count). The molecule has 3 unspecified atom stereocenters. The van der Waals surface area contributed by atoms with Gasteiger partial charge < -0.3 is 5.32 Å². The number of hydrogen-bond donors (Lipinski definition) is 1. The van der Waals surface area contributed by atoms with E-state index in [1.165, 1.54) is 45.1 Å². The molecule has 0 aromatic rings. The summed E-state index contributed by atoms with van der Waals surface area (Å²) in [5, 5.41) is 3.75. The van der Waals surface area contributed by atoms with E-state index in [1.54, 1.807) is 0 Å². The summed E-state index contributed by atoms with van der Waals surface area (Å²) in [5.74, 6) is 1.01. The highest BCUT2D eigenvalue weighted by atomic mass is 14.9. The molecule has 1 aliphatic carbocycles. The third-order valence-electron chi connectivity index (χ3n) is 4.66. The molecule has 1 N–H and O–H groups in total. The van der Waals surface area contributed by atoms with Crippen molar-refractivity contribution in [1.82, 2.24) is 5.32 Å². The van der Waals surface area contributed by atoms with E-state index in [4.69, 9.17) is 0 Å². The van der Waals surface area contributed by atoms with E-state index in [0.717, 1.165) is 12.0 Å². The minimum Gasteiger partial charge on any atom is -0.313 e. The number of fused-ring (bicyclic) bond motifs is 2. The molecule has 1 heteroatoms. The molecule has 3 atom stereocenters. The summed E-state index contributed by atoms with van der Waals surface area (Å²) < 4.78 is 0. The molecule has 2 aliphatic rings. The van der Waals surface area contributed by atoms with E-state index in [-0.39, 0.29) is 0 Å². The van der Waals surface area contributed by atoms with Crippen LogP contribution in [0.1, 0.15) is 52.4 Å². The van der Waals surface area contributed by atoms with Crippen molar-refractivity contribution in [3.8, 4) is 0 Å². The van der Waals surface area contributed by atoms with Crippen LogP contribution in [0.5, 0.6) is 0 Å². The molecule has 0 aromatic carbocycles. The van der Waals surface area contributed by atoms with Crippen molar-refractivity contribution >= 4 is 0 Å². The largest absolute Gasteiger partial charge is 0.313 e. The Labute approximate surface area is 82.3 Å². The summed E-state index contributed by atoms with van der Waals surface area (Å²) in [6.45, 7) is 6.15. The fourth-order valence-electron chi connectivity index (χ4n) is 3.48. The highest BCUT2D eigenvalue weighted by Crippen LogP contribution is 2.46. The molecule has 76 valence electrons. The van der Waals surface area contributed by atoms with Crippen LogP contribution < -0.4 is 5.32 Å². The van der Waals surface area contributed by atoms with Gasteiger partial charge in [-0.1, -0.05) is 20.3 Å². The van der Waals surface area contributed by atoms with E-state index < -0.39 is 0 Å². The fraction of sp³-hybridized carbons (Fsp3) is 1.00. The molecular formula is C12H23N. The maximum atomic E-state index is 3.75. The first-order valence-electron chi connectivity index (χ1n) is 6.00. The second-order valence-corrected chi connectivity index (χ2v) is 5.14. The molecule has 1 saturated heterocycles. The van der Waals surface area contributed by atoms with Crippen LogP contribution in [0.25, 0.3) is 0 Å². The van der Waals surface area contributed by atoms with E-state index in [9.17, 15) is 0 Å². The van der Waals surface area contributed by atoms with Crippen molar-refractivity contribution in [2.75, 3.05) is 6.54 Å². The minimum absolute atomic E-state index is 0.606. The molecule has 0 spiro atoms. The van der Waals surface area contributed by atoms with Crippen LogP contribution in [0, 0.1) is 11.3 Å². The highest BCUT2D eigenvalue weighted by molar-refractivity contribution is 4.97. The normalized spacial score (nSPS) is 45.7. The van der Waals surface area contributed by atoms with E-state index in [0.29, 0.717) is 5.41 Å². The molecule has 1 heterocycles. The lowest BCUT2D eigenvalue weighted by atomic mass is 9.62. The van der Waals surface area contributed by atoms with Crippen LogP contribution in [0.2, 0.25) is 0 Å². The second-order valence-electron chi connectivity index (χ2n) is 5.14. The quantitative estimate of drug-likeness (QED) is 0.656. The fourth-order valence-corrected chi connectivity index (χ4v) is 3.48. The zero-order valence-corrected chi connectivity index (χ0v) is 9.10. The summed E-state index contributed by atoms with van der Waals surface area (Å²) in [6, 6.07) is 0.818. The van der Waals surface area contributed by atoms with Gasteiger partial charge in [-0.05, 0) is 50.0 Å². The van der Waals surface area contributed by atoms with Gasteiger partial charge in [0.15, 0.2) is 0 Å². The molecule has 1 saturated carbocycles. The summed E-state index contributed by atoms with van der Waals surface area (Å²) in [4.78, 5) is 0. The van der Waals surface area contributed by atoms with Crippen LogP contribution >= 0.6 is 0 Å². The van der Waals surface area contributed by atoms with Gasteiger partial charge in [0.25, 0.3) is 0 Å². The smallest absolute Gasteiger partial charge is 0.0123 e. The van der Waals surface area contributed by atoms with Gasteiger partial charge >= 0.3 is 0 Å². The van der Waals surface area contributed by atoms with Crippen molar-refractivity contribution < 1.29 is 0 Å². The third-order valence-corrected chi connectivity index (χ3v) is 4.66. The Morgan fingerprint density at radius 3 is 2.77 bits per heavy atom. The molecule has 0 amide bonds. The third kappa shape index (κ3) is 1.52. The van der Waals surface area contributed by atoms with Gasteiger partial charge in [0.1, 0.15) is 0 Å². The molecule has 0 radical (unpaired) electrons. The first kappa shape index (κ1) is 9.51. The number of rotatable bonds is 1. The Morgan fingerprint density at radius 1 is 1.23 bits per heavy atom. The zero-order valence-electron chi connectivity index (χ0n) is 9.10. The molecule has 2 fully saturated rings. The summed E-state index contributed by atoms with van der Waals surface area (Å²) in [7, 11) is 0. The summed E-state index contributed by atoms with van der Waals surface area (Å²) >= 11 is 0. The number of nitrogens with one attached hydrogen (secondary N) is 1. The standard InChI is InChI=1S/C12H23N/c1-3-12(2)10-6-4-8-11(12)13-9-5-7-10/h10-11,13H,3-9H2,1-2H3. The van der Waals surface area contributed by atoms with Gasteiger partial charge in [0.2, 0.25) is 0 Å². The molecule has 1 nitrogen and oxygen atoms in total. The van der Waals surface area contributed by atoms with Gasteiger partial charge in [0.05, 0.1) is 0 Å². The van der Waals surface area contributed by atoms with Crippen LogP contribution in [-0.4, -0.2) is 12.6 Å². The first-order valence-corrected chi connectivity index (χ1v) is 6.00. The van der Waals surface area contributed by atoms with E-state index in [1.807, 2.05) is 0 Å². The van der Waals surface area contributed by atoms with Crippen molar-refractivity contribution in [3.05, 3.63) is 0 Å². The van der Waals surface area contributed by atoms with Crippen LogP contribution in [0.4, 0.5) is 0 Å². The highest BCUT2D eigenvalue weighted by Gasteiger charge is 2.42. The molecule has 0 aromatic heterocycles. The second kappa shape index (κ2) is 3.61. The van der Waals surface area contributed by atoms with Crippen molar-refractivity contribution in [3.63, 3.8) is 0 Å². The maximum Gasteiger partial charge on any atom is 0.0123 e. The van der Waals surface area contributed by atoms with Gasteiger partial charge in [-0.25, -0.2) is 0 Å². The lowest BCUT2D eigenvalue weighted by molar-refractivity contribution is 0.0730. The Balaban J connectivity index is 2.20. The van der Waals surface area contributed by atoms with Gasteiger partial charge in [-0.3, -0.25) is 0 Å². The van der Waals surface area contributed by atoms with Crippen LogP contribution in [0.15, 0.2) is 0 Å². The molecule has 2 bridgehead atoms. The Bertz CT molecular complexity index is 162. The van der Waals surface area contributed by atoms with E-state index in [2.05, 4.69) is 19.2 Å². The lowest BCUT2D eigenvalue weighted by Crippen LogP contribution is -2.48. The SMILES string of the molecule is CCC1(C)C2CCCNC1CCC2. The zero-order chi connectivity index (χ0) is 9.31. The van der Waals surface area contributed by atoms with Gasteiger partial charge in [-0.15, -0.1) is 0 Å². The molecule has 1 aliphatic heterocycles. The van der Waals surface area contributed by atoms with Crippen molar-refractivity contribution in [2.45, 2.75) is 58.4 Å². The van der Waals surface area contributed by atoms with Gasteiger partial charge in [0, 0.05) is 6.04 Å². The number of hydrogen-bond acceptors (Lipinski definition) is 1. The average molecular weight is 181 g/mol. The lowest BCUT2D eigenvalue weighted by Gasteiger charge is -2.46. The predicted octanol–water partition coefficient (Wildman–Crippen LogP) is 2.95. The maximum absolute atomic E-state index is 3.75. The van der Waals surface area contributed by atoms with Crippen LogP contribution in [-0.2, 0) is 0 Å². The predicted molar refractivity (Wildman–Crippen MR) is 56.8 cm³/mol. The topological polar surface area (TPSA) is 12.0 Å². The van der Waals surface area contributed by atoms with Crippen molar-refractivity contribution in [2.24, 2.45) is 11.3 Å². The summed E-state index contributed by atoms with van der Waals surface area (Å²) in [5.41, 5.74) is 0.606. The Hall–Kier alpha value is -0.0400. The van der Waals surface area contributed by atoms with E-state index >= 15 is 0 Å².